The summed E-state index contributed by atoms with van der Waals surface area (Å²) >= 11 is 12.7. The average Bonchev–Trinajstić information content (AvgIpc) is 3.20. The Bertz CT molecular complexity index is 1240. The highest BCUT2D eigenvalue weighted by molar-refractivity contribution is 6.42. The topological polar surface area (TPSA) is 60.9 Å². The van der Waals surface area contributed by atoms with Gasteiger partial charge < -0.3 is 4.90 Å². The van der Waals surface area contributed by atoms with Gasteiger partial charge in [0, 0.05) is 43.3 Å². The van der Waals surface area contributed by atoms with Crippen LogP contribution in [0.15, 0.2) is 67.1 Å². The van der Waals surface area contributed by atoms with E-state index in [4.69, 9.17) is 23.2 Å². The molecule has 2 atom stereocenters. The van der Waals surface area contributed by atoms with E-state index in [1.807, 2.05) is 18.3 Å². The molecule has 2 aromatic carbocycles. The van der Waals surface area contributed by atoms with E-state index in [9.17, 15) is 0 Å². The smallest absolute Gasteiger partial charge is 0.147 e. The quantitative estimate of drug-likeness (QED) is 0.382. The number of aromatic nitrogens is 4. The van der Waals surface area contributed by atoms with Crippen molar-refractivity contribution in [1.82, 2.24) is 25.1 Å². The van der Waals surface area contributed by atoms with Crippen LogP contribution in [0.2, 0.25) is 10.0 Å². The molecule has 4 aromatic rings. The van der Waals surface area contributed by atoms with E-state index in [0.29, 0.717) is 10.0 Å². The molecule has 0 amide bonds. The van der Waals surface area contributed by atoms with Gasteiger partial charge in [0.05, 0.1) is 34.0 Å². The third-order valence-electron chi connectivity index (χ3n) is 6.52. The summed E-state index contributed by atoms with van der Waals surface area (Å²) in [5.74, 6) is 0.852. The lowest BCUT2D eigenvalue weighted by Gasteiger charge is -2.45. The molecular formula is C26H26Cl2N6. The van der Waals surface area contributed by atoms with Crippen LogP contribution < -0.4 is 4.90 Å². The van der Waals surface area contributed by atoms with E-state index in [2.05, 4.69) is 80.2 Å². The Kier molecular flexibility index (Phi) is 6.55. The summed E-state index contributed by atoms with van der Waals surface area (Å²) in [5.41, 5.74) is 5.68. The zero-order valence-corrected chi connectivity index (χ0v) is 20.6. The molecule has 0 saturated carbocycles. The molecule has 1 saturated heterocycles. The van der Waals surface area contributed by atoms with Crippen LogP contribution in [0.1, 0.15) is 40.2 Å². The van der Waals surface area contributed by atoms with E-state index in [-0.39, 0.29) is 12.1 Å². The van der Waals surface area contributed by atoms with Gasteiger partial charge in [-0.05, 0) is 37.1 Å². The number of benzene rings is 2. The van der Waals surface area contributed by atoms with Crippen molar-refractivity contribution in [3.63, 3.8) is 0 Å². The van der Waals surface area contributed by atoms with Crippen molar-refractivity contribution >= 4 is 29.0 Å². The second kappa shape index (κ2) is 9.74. The predicted octanol–water partition coefficient (Wildman–Crippen LogP) is 5.78. The SMILES string of the molecule is Cc1n[nH]c(C)c1C(c1ccccc1)N1CCN(c2cnccn2)C(c2ccc(Cl)c(Cl)c2)C1. The summed E-state index contributed by atoms with van der Waals surface area (Å²) in [5, 5.41) is 8.79. The average molecular weight is 493 g/mol. The van der Waals surface area contributed by atoms with Gasteiger partial charge in [-0.1, -0.05) is 59.6 Å². The molecule has 1 aliphatic heterocycles. The molecule has 2 aromatic heterocycles. The predicted molar refractivity (Wildman–Crippen MR) is 137 cm³/mol. The maximum Gasteiger partial charge on any atom is 0.147 e. The van der Waals surface area contributed by atoms with Gasteiger partial charge in [-0.2, -0.15) is 5.10 Å². The molecule has 1 N–H and O–H groups in total. The Labute approximate surface area is 209 Å². The first-order valence-corrected chi connectivity index (χ1v) is 12.1. The number of hydrogen-bond acceptors (Lipinski definition) is 5. The molecular weight excluding hydrogens is 467 g/mol. The van der Waals surface area contributed by atoms with Crippen LogP contribution in [-0.4, -0.2) is 44.7 Å². The Balaban J connectivity index is 1.57. The van der Waals surface area contributed by atoms with E-state index >= 15 is 0 Å². The van der Waals surface area contributed by atoms with Gasteiger partial charge in [-0.3, -0.25) is 15.0 Å². The number of piperazine rings is 1. The number of aromatic amines is 1. The third-order valence-corrected chi connectivity index (χ3v) is 7.26. The van der Waals surface area contributed by atoms with Gasteiger partial charge in [0.25, 0.3) is 0 Å². The van der Waals surface area contributed by atoms with Crippen molar-refractivity contribution in [2.45, 2.75) is 25.9 Å². The number of hydrogen-bond donors (Lipinski definition) is 1. The molecule has 8 heteroatoms. The lowest BCUT2D eigenvalue weighted by atomic mass is 9.92. The fourth-order valence-electron chi connectivity index (χ4n) is 4.92. The van der Waals surface area contributed by atoms with Crippen LogP contribution in [0.3, 0.4) is 0 Å². The highest BCUT2D eigenvalue weighted by Gasteiger charge is 2.35. The van der Waals surface area contributed by atoms with Crippen LogP contribution in [0, 0.1) is 13.8 Å². The zero-order chi connectivity index (χ0) is 23.7. The first kappa shape index (κ1) is 22.8. The number of aryl methyl sites for hydroxylation is 2. The number of nitrogens with one attached hydrogen (secondary N) is 1. The molecule has 2 unspecified atom stereocenters. The van der Waals surface area contributed by atoms with Gasteiger partial charge in [-0.25, -0.2) is 4.98 Å². The van der Waals surface area contributed by atoms with Crippen LogP contribution in [0.25, 0.3) is 0 Å². The van der Waals surface area contributed by atoms with Crippen molar-refractivity contribution in [3.8, 4) is 0 Å². The van der Waals surface area contributed by atoms with Crippen molar-refractivity contribution in [2.24, 2.45) is 0 Å². The number of H-pyrrole nitrogens is 1. The number of anilines is 1. The van der Waals surface area contributed by atoms with Gasteiger partial charge in [-0.15, -0.1) is 0 Å². The zero-order valence-electron chi connectivity index (χ0n) is 19.1. The standard InChI is InChI=1S/C26H26Cl2N6/c1-17-25(18(2)32-31-17)26(19-6-4-3-5-7-19)33-12-13-34(24-15-29-10-11-30-24)23(16-33)20-8-9-21(27)22(28)14-20/h3-11,14-15,23,26H,12-13,16H2,1-2H3,(H,31,32). The molecule has 6 nitrogen and oxygen atoms in total. The molecule has 1 aliphatic rings. The molecule has 0 spiro atoms. The highest BCUT2D eigenvalue weighted by atomic mass is 35.5. The summed E-state index contributed by atoms with van der Waals surface area (Å²) in [4.78, 5) is 13.7. The fourth-order valence-corrected chi connectivity index (χ4v) is 5.22. The molecule has 34 heavy (non-hydrogen) atoms. The fraction of sp³-hybridized carbons (Fsp3) is 0.269. The minimum absolute atomic E-state index is 0.0268. The summed E-state index contributed by atoms with van der Waals surface area (Å²) < 4.78 is 0. The van der Waals surface area contributed by atoms with Gasteiger partial charge in [0.2, 0.25) is 0 Å². The minimum atomic E-state index is 0.0268. The van der Waals surface area contributed by atoms with E-state index < -0.39 is 0 Å². The molecule has 3 heterocycles. The lowest BCUT2D eigenvalue weighted by Crippen LogP contribution is -2.50. The lowest BCUT2D eigenvalue weighted by molar-refractivity contribution is 0.182. The Morgan fingerprint density at radius 2 is 1.82 bits per heavy atom. The minimum Gasteiger partial charge on any atom is -0.346 e. The molecule has 0 bridgehead atoms. The summed E-state index contributed by atoms with van der Waals surface area (Å²) in [7, 11) is 0. The first-order valence-electron chi connectivity index (χ1n) is 11.3. The number of nitrogens with zero attached hydrogens (tertiary/aromatic N) is 5. The largest absolute Gasteiger partial charge is 0.346 e. The Morgan fingerprint density at radius 3 is 2.50 bits per heavy atom. The first-order chi connectivity index (χ1) is 16.5. The van der Waals surface area contributed by atoms with Crippen LogP contribution in [0.5, 0.6) is 0 Å². The molecule has 0 radical (unpaired) electrons. The summed E-state index contributed by atoms with van der Waals surface area (Å²) in [6.45, 7) is 6.59. The van der Waals surface area contributed by atoms with Gasteiger partial charge in [0.1, 0.15) is 5.82 Å². The van der Waals surface area contributed by atoms with Crippen molar-refractivity contribution in [2.75, 3.05) is 24.5 Å². The van der Waals surface area contributed by atoms with E-state index in [1.165, 1.54) is 11.1 Å². The van der Waals surface area contributed by atoms with Crippen LogP contribution in [-0.2, 0) is 0 Å². The van der Waals surface area contributed by atoms with E-state index in [0.717, 1.165) is 42.4 Å². The maximum atomic E-state index is 6.44. The molecule has 174 valence electrons. The highest BCUT2D eigenvalue weighted by Crippen LogP contribution is 2.38. The Hall–Kier alpha value is -2.93. The third kappa shape index (κ3) is 4.41. The second-order valence-electron chi connectivity index (χ2n) is 8.60. The normalized spacial score (nSPS) is 17.6. The maximum absolute atomic E-state index is 6.44. The van der Waals surface area contributed by atoms with Crippen molar-refractivity contribution in [3.05, 3.63) is 105 Å². The number of rotatable bonds is 5. The van der Waals surface area contributed by atoms with Crippen molar-refractivity contribution in [1.29, 1.82) is 0 Å². The van der Waals surface area contributed by atoms with E-state index in [1.54, 1.807) is 12.4 Å². The van der Waals surface area contributed by atoms with Crippen LogP contribution in [0.4, 0.5) is 5.82 Å². The Morgan fingerprint density at radius 1 is 1.00 bits per heavy atom. The van der Waals surface area contributed by atoms with Gasteiger partial charge in [0.15, 0.2) is 0 Å². The molecule has 1 fully saturated rings. The molecule has 5 rings (SSSR count). The summed E-state index contributed by atoms with van der Waals surface area (Å²) in [6.07, 6.45) is 5.25. The van der Waals surface area contributed by atoms with Crippen molar-refractivity contribution < 1.29 is 0 Å². The second-order valence-corrected chi connectivity index (χ2v) is 9.42. The van der Waals surface area contributed by atoms with Crippen LogP contribution >= 0.6 is 23.2 Å². The molecule has 0 aliphatic carbocycles. The van der Waals surface area contributed by atoms with Gasteiger partial charge >= 0.3 is 0 Å². The number of halogens is 2. The summed E-state index contributed by atoms with van der Waals surface area (Å²) in [6, 6.07) is 16.6. The monoisotopic (exact) mass is 492 g/mol.